The van der Waals surface area contributed by atoms with Gasteiger partial charge in [0.25, 0.3) is 0 Å². The highest BCUT2D eigenvalue weighted by Gasteiger charge is 2.05. The van der Waals surface area contributed by atoms with Crippen molar-refractivity contribution in [3.05, 3.63) is 57.8 Å². The molecule has 18 heavy (non-hydrogen) atoms. The Morgan fingerprint density at radius 2 is 1.94 bits per heavy atom. The summed E-state index contributed by atoms with van der Waals surface area (Å²) < 4.78 is 19.2. The number of hydrogen-bond acceptors (Lipinski definition) is 1. The first kappa shape index (κ1) is 13.6. The van der Waals surface area contributed by atoms with E-state index in [1.54, 1.807) is 12.1 Å². The number of hydrogen-bond donors (Lipinski definition) is 0. The zero-order chi connectivity index (χ0) is 13.1. The molecule has 0 saturated heterocycles. The van der Waals surface area contributed by atoms with Crippen molar-refractivity contribution in [2.24, 2.45) is 0 Å². The third-order valence-corrected chi connectivity index (χ3v) is 3.77. The molecule has 0 aliphatic heterocycles. The van der Waals surface area contributed by atoms with Crippen LogP contribution >= 0.6 is 31.9 Å². The van der Waals surface area contributed by atoms with Gasteiger partial charge in [0.2, 0.25) is 0 Å². The summed E-state index contributed by atoms with van der Waals surface area (Å²) in [5.74, 6) is 1.09. The highest BCUT2D eigenvalue weighted by molar-refractivity contribution is 9.10. The fourth-order valence-electron chi connectivity index (χ4n) is 1.58. The van der Waals surface area contributed by atoms with Crippen LogP contribution in [0.15, 0.2) is 40.9 Å². The molecule has 0 aromatic heterocycles. The van der Waals surface area contributed by atoms with E-state index >= 15 is 0 Å². The molecular formula is C14H11Br2FO. The van der Waals surface area contributed by atoms with Crippen LogP contribution in [0.3, 0.4) is 0 Å². The van der Waals surface area contributed by atoms with Gasteiger partial charge in [0, 0.05) is 5.33 Å². The maximum Gasteiger partial charge on any atom is 0.137 e. The first-order chi connectivity index (χ1) is 8.60. The summed E-state index contributed by atoms with van der Waals surface area (Å²) in [6, 6.07) is 10.6. The fourth-order valence-corrected chi connectivity index (χ4v) is 2.28. The molecule has 1 nitrogen and oxygen atoms in total. The topological polar surface area (TPSA) is 9.23 Å². The molecule has 4 heteroatoms. The average Bonchev–Trinajstić information content (AvgIpc) is 2.36. The van der Waals surface area contributed by atoms with E-state index in [1.807, 2.05) is 19.1 Å². The first-order valence-electron chi connectivity index (χ1n) is 5.38. The summed E-state index contributed by atoms with van der Waals surface area (Å²) in [6.45, 7) is 1.99. The van der Waals surface area contributed by atoms with Crippen molar-refractivity contribution in [1.29, 1.82) is 0 Å². The van der Waals surface area contributed by atoms with Crippen LogP contribution in [0.2, 0.25) is 0 Å². The molecule has 2 aromatic carbocycles. The fraction of sp³-hybridized carbons (Fsp3) is 0.143. The Balaban J connectivity index is 2.25. The lowest BCUT2D eigenvalue weighted by atomic mass is 10.1. The van der Waals surface area contributed by atoms with Crippen LogP contribution in [0.5, 0.6) is 11.5 Å². The third-order valence-electron chi connectivity index (χ3n) is 2.51. The molecule has 0 spiro atoms. The van der Waals surface area contributed by atoms with Gasteiger partial charge in [-0.25, -0.2) is 4.39 Å². The molecule has 2 rings (SSSR count). The van der Waals surface area contributed by atoms with Gasteiger partial charge in [0.1, 0.15) is 17.3 Å². The Hall–Kier alpha value is -0.870. The van der Waals surface area contributed by atoms with Crippen molar-refractivity contribution < 1.29 is 9.13 Å². The smallest absolute Gasteiger partial charge is 0.137 e. The van der Waals surface area contributed by atoms with Gasteiger partial charge in [-0.3, -0.25) is 0 Å². The molecule has 0 fully saturated rings. The predicted molar refractivity (Wildman–Crippen MR) is 78.0 cm³/mol. The number of aryl methyl sites for hydroxylation is 1. The Bertz CT molecular complexity index is 570. The van der Waals surface area contributed by atoms with Gasteiger partial charge in [-0.05, 0) is 58.2 Å². The van der Waals surface area contributed by atoms with E-state index in [0.717, 1.165) is 16.6 Å². The highest BCUT2D eigenvalue weighted by atomic mass is 79.9. The summed E-state index contributed by atoms with van der Waals surface area (Å²) in [5, 5.41) is 0.816. The molecule has 0 unspecified atom stereocenters. The number of halogens is 3. The molecule has 94 valence electrons. The lowest BCUT2D eigenvalue weighted by molar-refractivity contribution is 0.476. The van der Waals surface area contributed by atoms with Crippen LogP contribution in [-0.4, -0.2) is 0 Å². The van der Waals surface area contributed by atoms with Crippen molar-refractivity contribution in [1.82, 2.24) is 0 Å². The van der Waals surface area contributed by atoms with E-state index in [2.05, 4.69) is 37.9 Å². The lowest BCUT2D eigenvalue weighted by Crippen LogP contribution is -1.90. The largest absolute Gasteiger partial charge is 0.457 e. The van der Waals surface area contributed by atoms with Crippen molar-refractivity contribution in [3.8, 4) is 11.5 Å². The molecule has 2 aromatic rings. The quantitative estimate of drug-likeness (QED) is 0.637. The van der Waals surface area contributed by atoms with E-state index in [1.165, 1.54) is 11.6 Å². The molecule has 0 atom stereocenters. The second-order valence-corrected chi connectivity index (χ2v) is 5.33. The van der Waals surface area contributed by atoms with Crippen molar-refractivity contribution in [3.63, 3.8) is 0 Å². The van der Waals surface area contributed by atoms with E-state index in [9.17, 15) is 4.39 Å². The standard InChI is InChI=1S/C14H11Br2FO/c1-9-6-10(8-15)2-5-14(9)18-11-3-4-13(17)12(16)7-11/h2-7H,8H2,1H3. The van der Waals surface area contributed by atoms with Crippen molar-refractivity contribution in [2.75, 3.05) is 0 Å². The van der Waals surface area contributed by atoms with E-state index in [4.69, 9.17) is 4.74 Å². The summed E-state index contributed by atoms with van der Waals surface area (Å²) in [7, 11) is 0. The first-order valence-corrected chi connectivity index (χ1v) is 7.30. The van der Waals surface area contributed by atoms with Gasteiger partial charge in [-0.1, -0.05) is 28.1 Å². The molecule has 0 N–H and O–H groups in total. The van der Waals surface area contributed by atoms with Crippen LogP contribution in [0.4, 0.5) is 4.39 Å². The lowest BCUT2D eigenvalue weighted by Gasteiger charge is -2.10. The van der Waals surface area contributed by atoms with E-state index in [-0.39, 0.29) is 5.82 Å². The van der Waals surface area contributed by atoms with Crippen LogP contribution in [0.25, 0.3) is 0 Å². The van der Waals surface area contributed by atoms with E-state index < -0.39 is 0 Å². The normalized spacial score (nSPS) is 10.4. The maximum absolute atomic E-state index is 13.1. The molecule has 0 aliphatic rings. The summed E-state index contributed by atoms with van der Waals surface area (Å²) in [4.78, 5) is 0. The highest BCUT2D eigenvalue weighted by Crippen LogP contribution is 2.29. The van der Waals surface area contributed by atoms with Gasteiger partial charge in [0.15, 0.2) is 0 Å². The Kier molecular flexibility index (Phi) is 4.40. The second kappa shape index (κ2) is 5.85. The summed E-state index contributed by atoms with van der Waals surface area (Å²) in [6.07, 6.45) is 0. The van der Waals surface area contributed by atoms with Crippen LogP contribution in [0, 0.1) is 12.7 Å². The molecular weight excluding hydrogens is 363 g/mol. The minimum Gasteiger partial charge on any atom is -0.457 e. The Labute approximate surface area is 122 Å². The average molecular weight is 374 g/mol. The zero-order valence-electron chi connectivity index (χ0n) is 9.71. The summed E-state index contributed by atoms with van der Waals surface area (Å²) >= 11 is 6.55. The summed E-state index contributed by atoms with van der Waals surface area (Å²) in [5.41, 5.74) is 2.24. The maximum atomic E-state index is 13.1. The molecule has 0 heterocycles. The Morgan fingerprint density at radius 3 is 2.56 bits per heavy atom. The number of rotatable bonds is 3. The molecule has 0 amide bonds. The van der Waals surface area contributed by atoms with Crippen LogP contribution < -0.4 is 4.74 Å². The number of ether oxygens (including phenoxy) is 1. The van der Waals surface area contributed by atoms with Gasteiger partial charge < -0.3 is 4.74 Å². The molecule has 0 aliphatic carbocycles. The number of benzene rings is 2. The van der Waals surface area contributed by atoms with Crippen LogP contribution in [0.1, 0.15) is 11.1 Å². The molecule has 0 radical (unpaired) electrons. The second-order valence-electron chi connectivity index (χ2n) is 3.91. The Morgan fingerprint density at radius 1 is 1.17 bits per heavy atom. The van der Waals surface area contributed by atoms with E-state index in [0.29, 0.717) is 10.2 Å². The predicted octanol–water partition coefficient (Wildman–Crippen LogP) is 5.58. The number of alkyl halides is 1. The minimum absolute atomic E-state index is 0.297. The molecule has 0 saturated carbocycles. The van der Waals surface area contributed by atoms with Gasteiger partial charge in [-0.15, -0.1) is 0 Å². The zero-order valence-corrected chi connectivity index (χ0v) is 12.9. The monoisotopic (exact) mass is 372 g/mol. The molecule has 0 bridgehead atoms. The van der Waals surface area contributed by atoms with Crippen molar-refractivity contribution >= 4 is 31.9 Å². The SMILES string of the molecule is Cc1cc(CBr)ccc1Oc1ccc(F)c(Br)c1. The minimum atomic E-state index is -0.297. The van der Waals surface area contributed by atoms with Crippen molar-refractivity contribution in [2.45, 2.75) is 12.3 Å². The van der Waals surface area contributed by atoms with Gasteiger partial charge in [-0.2, -0.15) is 0 Å². The third kappa shape index (κ3) is 3.12. The van der Waals surface area contributed by atoms with Crippen LogP contribution in [-0.2, 0) is 5.33 Å². The van der Waals surface area contributed by atoms with Gasteiger partial charge >= 0.3 is 0 Å². The van der Waals surface area contributed by atoms with Gasteiger partial charge in [0.05, 0.1) is 4.47 Å².